The molecule has 110 valence electrons. The summed E-state index contributed by atoms with van der Waals surface area (Å²) in [6, 6.07) is 4.26. The Hall–Kier alpha value is -1.30. The van der Waals surface area contributed by atoms with Gasteiger partial charge < -0.3 is 5.32 Å². The summed E-state index contributed by atoms with van der Waals surface area (Å²) in [6.45, 7) is 8.11. The first-order valence-corrected chi connectivity index (χ1v) is 6.59. The number of anilines is 1. The quantitative estimate of drug-likeness (QED) is 0.798. The van der Waals surface area contributed by atoms with E-state index in [2.05, 4.69) is 27.8 Å². The monoisotopic (exact) mass is 349 g/mol. The number of nitrogens with one attached hydrogen (secondary N) is 1. The highest BCUT2D eigenvalue weighted by Crippen LogP contribution is 2.37. The van der Waals surface area contributed by atoms with Gasteiger partial charge in [-0.15, -0.1) is 0 Å². The number of hydrogen-bond donors (Lipinski definition) is 1. The van der Waals surface area contributed by atoms with Crippen LogP contribution in [0.15, 0.2) is 29.3 Å². The minimum absolute atomic E-state index is 0.0930. The highest BCUT2D eigenvalue weighted by Gasteiger charge is 2.34. The zero-order valence-corrected chi connectivity index (χ0v) is 12.9. The molecule has 0 saturated carbocycles. The van der Waals surface area contributed by atoms with Gasteiger partial charge in [0.2, 0.25) is 5.91 Å². The van der Waals surface area contributed by atoms with Gasteiger partial charge in [-0.25, -0.2) is 0 Å². The van der Waals surface area contributed by atoms with Crippen LogP contribution in [0.4, 0.5) is 18.9 Å². The lowest BCUT2D eigenvalue weighted by Crippen LogP contribution is -2.28. The van der Waals surface area contributed by atoms with Gasteiger partial charge in [-0.1, -0.05) is 43.3 Å². The van der Waals surface area contributed by atoms with Crippen molar-refractivity contribution in [1.82, 2.24) is 0 Å². The summed E-state index contributed by atoms with van der Waals surface area (Å²) in [4.78, 5) is 11.9. The Labute approximate surface area is 124 Å². The maximum Gasteiger partial charge on any atom is 0.416 e. The lowest BCUT2D eigenvalue weighted by atomic mass is 9.95. The summed E-state index contributed by atoms with van der Waals surface area (Å²) in [7, 11) is 0. The SMILES string of the molecule is C=C(c1cc(Br)ccc1NC(=O)C(C)(C)C)C(F)(F)F. The molecule has 0 saturated heterocycles. The van der Waals surface area contributed by atoms with E-state index >= 15 is 0 Å². The predicted octanol–water partition coefficient (Wildman–Crippen LogP) is 5.01. The fourth-order valence-electron chi connectivity index (χ4n) is 1.34. The number of rotatable bonds is 2. The molecule has 0 heterocycles. The molecule has 6 heteroatoms. The molecule has 0 aliphatic heterocycles. The Morgan fingerprint density at radius 2 is 1.80 bits per heavy atom. The van der Waals surface area contributed by atoms with Crippen LogP contribution in [0.2, 0.25) is 0 Å². The topological polar surface area (TPSA) is 29.1 Å². The van der Waals surface area contributed by atoms with Gasteiger partial charge in [0.05, 0.1) is 5.57 Å². The molecule has 1 amide bonds. The third-order valence-corrected chi connectivity index (χ3v) is 3.07. The summed E-state index contributed by atoms with van der Waals surface area (Å²) in [5.74, 6) is -0.365. The standard InChI is InChI=1S/C14H15BrF3NO/c1-8(14(16,17)18)10-7-9(15)5-6-11(10)19-12(20)13(2,3)4/h5-7H,1H2,2-4H3,(H,19,20). The first kappa shape index (κ1) is 16.8. The number of carbonyl (C=O) groups excluding carboxylic acids is 1. The number of alkyl halides is 3. The van der Waals surface area contributed by atoms with Gasteiger partial charge in [0, 0.05) is 21.1 Å². The van der Waals surface area contributed by atoms with Crippen LogP contribution >= 0.6 is 15.9 Å². The molecule has 1 rings (SSSR count). The van der Waals surface area contributed by atoms with Crippen LogP contribution < -0.4 is 5.32 Å². The van der Waals surface area contributed by atoms with E-state index in [-0.39, 0.29) is 17.2 Å². The molecule has 0 radical (unpaired) electrons. The molecule has 0 aliphatic rings. The van der Waals surface area contributed by atoms with Crippen molar-refractivity contribution < 1.29 is 18.0 Å². The fraction of sp³-hybridized carbons (Fsp3) is 0.357. The van der Waals surface area contributed by atoms with Gasteiger partial charge in [0.15, 0.2) is 0 Å². The van der Waals surface area contributed by atoms with Crippen LogP contribution in [0.3, 0.4) is 0 Å². The smallest absolute Gasteiger partial charge is 0.325 e. The lowest BCUT2D eigenvalue weighted by molar-refractivity contribution is -0.123. The van der Waals surface area contributed by atoms with Gasteiger partial charge in [-0.2, -0.15) is 13.2 Å². The average molecular weight is 350 g/mol. The van der Waals surface area contributed by atoms with E-state index in [0.717, 1.165) is 0 Å². The van der Waals surface area contributed by atoms with Gasteiger partial charge in [-0.3, -0.25) is 4.79 Å². The van der Waals surface area contributed by atoms with Crippen molar-refractivity contribution >= 4 is 33.1 Å². The third kappa shape index (κ3) is 4.10. The predicted molar refractivity (Wildman–Crippen MR) is 77.3 cm³/mol. The molecule has 0 aliphatic carbocycles. The van der Waals surface area contributed by atoms with E-state index in [4.69, 9.17) is 0 Å². The van der Waals surface area contributed by atoms with Gasteiger partial charge in [0.25, 0.3) is 0 Å². The zero-order chi connectivity index (χ0) is 15.7. The highest BCUT2D eigenvalue weighted by atomic mass is 79.9. The molecule has 1 aromatic carbocycles. The molecular weight excluding hydrogens is 335 g/mol. The fourth-order valence-corrected chi connectivity index (χ4v) is 1.70. The third-order valence-electron chi connectivity index (χ3n) is 2.58. The summed E-state index contributed by atoms with van der Waals surface area (Å²) in [6.07, 6.45) is -4.55. The molecular formula is C14H15BrF3NO. The molecule has 2 nitrogen and oxygen atoms in total. The molecule has 0 unspecified atom stereocenters. The van der Waals surface area contributed by atoms with Crippen molar-refractivity contribution in [2.75, 3.05) is 5.32 Å². The first-order valence-electron chi connectivity index (χ1n) is 5.80. The van der Waals surface area contributed by atoms with Gasteiger partial charge in [0.1, 0.15) is 0 Å². The number of carbonyl (C=O) groups is 1. The van der Waals surface area contributed by atoms with Crippen molar-refractivity contribution in [3.63, 3.8) is 0 Å². The highest BCUT2D eigenvalue weighted by molar-refractivity contribution is 9.10. The molecule has 0 bridgehead atoms. The number of hydrogen-bond acceptors (Lipinski definition) is 1. The number of allylic oxidation sites excluding steroid dienone is 1. The number of halogens is 4. The summed E-state index contributed by atoms with van der Waals surface area (Å²) in [5.41, 5.74) is -1.76. The number of benzene rings is 1. The number of amides is 1. The second-order valence-electron chi connectivity index (χ2n) is 5.37. The second kappa shape index (κ2) is 5.60. The van der Waals surface area contributed by atoms with Crippen LogP contribution in [0.25, 0.3) is 5.57 Å². The summed E-state index contributed by atoms with van der Waals surface area (Å²) >= 11 is 3.12. The van der Waals surface area contributed by atoms with E-state index in [1.807, 2.05) is 0 Å². The second-order valence-corrected chi connectivity index (χ2v) is 6.29. The minimum Gasteiger partial charge on any atom is -0.325 e. The zero-order valence-electron chi connectivity index (χ0n) is 11.4. The Balaban J connectivity index is 3.22. The average Bonchev–Trinajstić information content (AvgIpc) is 2.27. The Kier molecular flexibility index (Phi) is 4.69. The molecule has 0 fully saturated rings. The Morgan fingerprint density at radius 3 is 2.25 bits per heavy atom. The molecule has 20 heavy (non-hydrogen) atoms. The molecule has 0 spiro atoms. The summed E-state index contributed by atoms with van der Waals surface area (Å²) < 4.78 is 38.8. The van der Waals surface area contributed by atoms with Crippen molar-refractivity contribution in [2.24, 2.45) is 5.41 Å². The lowest BCUT2D eigenvalue weighted by Gasteiger charge is -2.21. The van der Waals surface area contributed by atoms with E-state index < -0.39 is 17.2 Å². The normalized spacial score (nSPS) is 12.2. The van der Waals surface area contributed by atoms with Crippen molar-refractivity contribution in [1.29, 1.82) is 0 Å². The molecule has 0 aromatic heterocycles. The van der Waals surface area contributed by atoms with Gasteiger partial charge >= 0.3 is 6.18 Å². The van der Waals surface area contributed by atoms with Gasteiger partial charge in [-0.05, 0) is 18.2 Å². The van der Waals surface area contributed by atoms with Crippen LogP contribution in [0.1, 0.15) is 26.3 Å². The molecule has 0 atom stereocenters. The first-order chi connectivity index (χ1) is 8.93. The van der Waals surface area contributed by atoms with Crippen LogP contribution in [-0.4, -0.2) is 12.1 Å². The maximum absolute atomic E-state index is 12.8. The van der Waals surface area contributed by atoms with Crippen LogP contribution in [0, 0.1) is 5.41 Å². The molecule has 1 aromatic rings. The maximum atomic E-state index is 12.8. The van der Waals surface area contributed by atoms with E-state index in [0.29, 0.717) is 4.47 Å². The van der Waals surface area contributed by atoms with E-state index in [1.165, 1.54) is 12.1 Å². The van der Waals surface area contributed by atoms with Crippen molar-refractivity contribution in [3.05, 3.63) is 34.8 Å². The van der Waals surface area contributed by atoms with Crippen molar-refractivity contribution in [3.8, 4) is 0 Å². The molecule has 1 N–H and O–H groups in total. The van der Waals surface area contributed by atoms with Crippen LogP contribution in [-0.2, 0) is 4.79 Å². The Morgan fingerprint density at radius 1 is 1.25 bits per heavy atom. The largest absolute Gasteiger partial charge is 0.416 e. The van der Waals surface area contributed by atoms with Crippen molar-refractivity contribution in [2.45, 2.75) is 26.9 Å². The summed E-state index contributed by atoms with van der Waals surface area (Å²) in [5, 5.41) is 2.51. The van der Waals surface area contributed by atoms with E-state index in [9.17, 15) is 18.0 Å². The minimum atomic E-state index is -4.55. The van der Waals surface area contributed by atoms with E-state index in [1.54, 1.807) is 26.8 Å². The Bertz CT molecular complexity index is 544. The van der Waals surface area contributed by atoms with Crippen LogP contribution in [0.5, 0.6) is 0 Å².